The molecule has 2 heteroatoms. The van der Waals surface area contributed by atoms with Gasteiger partial charge in [0.15, 0.2) is 0 Å². The van der Waals surface area contributed by atoms with Gasteiger partial charge in [0, 0.05) is 6.61 Å². The van der Waals surface area contributed by atoms with Crippen molar-refractivity contribution in [2.45, 2.75) is 83.5 Å². The lowest BCUT2D eigenvalue weighted by molar-refractivity contribution is 0.315. The van der Waals surface area contributed by atoms with Crippen LogP contribution >= 0.6 is 0 Å². The van der Waals surface area contributed by atoms with Gasteiger partial charge in [0.2, 0.25) is 0 Å². The fourth-order valence-electron chi connectivity index (χ4n) is 2.64. The molecule has 16 heavy (non-hydrogen) atoms. The molecule has 0 radical (unpaired) electrons. The molecule has 0 unspecified atom stereocenters. The molecule has 98 valence electrons. The molecule has 0 spiro atoms. The fraction of sp³-hybridized carbons (Fsp3) is 1.00. The lowest BCUT2D eigenvalue weighted by Crippen LogP contribution is -2.34. The molecule has 0 amide bonds. The van der Waals surface area contributed by atoms with Crippen LogP contribution in [0.15, 0.2) is 0 Å². The van der Waals surface area contributed by atoms with E-state index in [2.05, 4.69) is 20.8 Å². The minimum Gasteiger partial charge on any atom is -0.397 e. The van der Waals surface area contributed by atoms with Gasteiger partial charge in [-0.1, -0.05) is 77.4 Å². The summed E-state index contributed by atoms with van der Waals surface area (Å²) in [6.07, 6.45) is 8.12. The van der Waals surface area contributed by atoms with Gasteiger partial charge < -0.3 is 5.11 Å². The molecule has 0 saturated carbocycles. The number of rotatable bonds is 11. The standard InChI is InChI=1S/C14H32OSi/c1-4-7-11-16(14-10-15,12-8-5-2)13-9-6-3/h15H,4-14H2,1-3H3. The Hall–Kier alpha value is 0.177. The Bertz CT molecular complexity index is 126. The van der Waals surface area contributed by atoms with Crippen LogP contribution < -0.4 is 0 Å². The molecule has 1 N–H and O–H groups in total. The molecule has 1 nitrogen and oxygen atoms in total. The average molecular weight is 244 g/mol. The topological polar surface area (TPSA) is 20.2 Å². The summed E-state index contributed by atoms with van der Waals surface area (Å²) in [5, 5.41) is 9.33. The Kier molecular flexibility index (Phi) is 10.5. The van der Waals surface area contributed by atoms with Crippen molar-refractivity contribution < 1.29 is 5.11 Å². The third-order valence-electron chi connectivity index (χ3n) is 3.82. The Morgan fingerprint density at radius 2 is 1.06 bits per heavy atom. The van der Waals surface area contributed by atoms with Crippen LogP contribution in [0.4, 0.5) is 0 Å². The molecule has 0 bridgehead atoms. The zero-order valence-electron chi connectivity index (χ0n) is 11.7. The second-order valence-corrected chi connectivity index (χ2v) is 10.3. The lowest BCUT2D eigenvalue weighted by Gasteiger charge is -2.31. The quantitative estimate of drug-likeness (QED) is 0.516. The molecule has 0 heterocycles. The molecule has 0 aromatic rings. The molecule has 0 atom stereocenters. The first-order valence-corrected chi connectivity index (χ1v) is 10.2. The van der Waals surface area contributed by atoms with Gasteiger partial charge in [0.1, 0.15) is 0 Å². The van der Waals surface area contributed by atoms with Crippen LogP contribution in [-0.2, 0) is 0 Å². The number of hydrogen-bond donors (Lipinski definition) is 1. The van der Waals surface area contributed by atoms with E-state index in [0.29, 0.717) is 6.61 Å². The minimum atomic E-state index is -1.11. The summed E-state index contributed by atoms with van der Waals surface area (Å²) in [6, 6.07) is 5.55. The summed E-state index contributed by atoms with van der Waals surface area (Å²) >= 11 is 0. The van der Waals surface area contributed by atoms with Crippen molar-refractivity contribution in [1.29, 1.82) is 0 Å². The fourth-order valence-corrected chi connectivity index (χ4v) is 7.93. The second-order valence-electron chi connectivity index (χ2n) is 5.28. The predicted molar refractivity (Wildman–Crippen MR) is 76.8 cm³/mol. The summed E-state index contributed by atoms with van der Waals surface area (Å²) < 4.78 is 0. The van der Waals surface area contributed by atoms with Crippen molar-refractivity contribution in [2.24, 2.45) is 0 Å². The normalized spacial score (nSPS) is 12.0. The third kappa shape index (κ3) is 6.69. The summed E-state index contributed by atoms with van der Waals surface area (Å²) in [5.41, 5.74) is 0. The first-order valence-electron chi connectivity index (χ1n) is 7.35. The maximum atomic E-state index is 9.33. The van der Waals surface area contributed by atoms with Crippen LogP contribution in [0, 0.1) is 0 Å². The molecule has 0 fully saturated rings. The van der Waals surface area contributed by atoms with Gasteiger partial charge in [-0.2, -0.15) is 0 Å². The van der Waals surface area contributed by atoms with E-state index in [1.54, 1.807) is 0 Å². The van der Waals surface area contributed by atoms with E-state index in [1.165, 1.54) is 56.7 Å². The van der Waals surface area contributed by atoms with Gasteiger partial charge in [-0.3, -0.25) is 0 Å². The van der Waals surface area contributed by atoms with Crippen LogP contribution in [0.3, 0.4) is 0 Å². The van der Waals surface area contributed by atoms with Gasteiger partial charge in [0.25, 0.3) is 0 Å². The van der Waals surface area contributed by atoms with Crippen molar-refractivity contribution in [3.8, 4) is 0 Å². The van der Waals surface area contributed by atoms with Gasteiger partial charge in [-0.25, -0.2) is 0 Å². The van der Waals surface area contributed by atoms with E-state index in [4.69, 9.17) is 0 Å². The first kappa shape index (κ1) is 16.2. The number of unbranched alkanes of at least 4 members (excludes halogenated alkanes) is 3. The number of hydrogen-bond acceptors (Lipinski definition) is 1. The monoisotopic (exact) mass is 244 g/mol. The summed E-state index contributed by atoms with van der Waals surface area (Å²) in [5.74, 6) is 0. The van der Waals surface area contributed by atoms with Gasteiger partial charge >= 0.3 is 0 Å². The van der Waals surface area contributed by atoms with Gasteiger partial charge in [-0.05, 0) is 6.04 Å². The molecular formula is C14H32OSi. The van der Waals surface area contributed by atoms with Gasteiger partial charge in [-0.15, -0.1) is 0 Å². The third-order valence-corrected chi connectivity index (χ3v) is 9.35. The van der Waals surface area contributed by atoms with Crippen molar-refractivity contribution in [3.05, 3.63) is 0 Å². The van der Waals surface area contributed by atoms with Crippen LogP contribution in [0.1, 0.15) is 59.3 Å². The molecular weight excluding hydrogens is 212 g/mol. The molecule has 0 saturated heterocycles. The van der Waals surface area contributed by atoms with Crippen LogP contribution in [0.25, 0.3) is 0 Å². The lowest BCUT2D eigenvalue weighted by atomic mass is 10.4. The molecule has 0 aliphatic rings. The van der Waals surface area contributed by atoms with Crippen molar-refractivity contribution in [2.75, 3.05) is 6.61 Å². The highest BCUT2D eigenvalue weighted by molar-refractivity contribution is 6.79. The smallest absolute Gasteiger partial charge is 0.0558 e. The molecule has 0 rings (SSSR count). The second kappa shape index (κ2) is 10.3. The molecule has 0 aromatic heterocycles. The maximum Gasteiger partial charge on any atom is 0.0558 e. The molecule has 0 aliphatic carbocycles. The Morgan fingerprint density at radius 1 is 0.688 bits per heavy atom. The highest BCUT2D eigenvalue weighted by Gasteiger charge is 2.29. The van der Waals surface area contributed by atoms with Crippen molar-refractivity contribution in [1.82, 2.24) is 0 Å². The summed E-state index contributed by atoms with van der Waals surface area (Å²) in [6.45, 7) is 7.30. The van der Waals surface area contributed by atoms with Crippen molar-refractivity contribution >= 4 is 8.07 Å². The van der Waals surface area contributed by atoms with E-state index >= 15 is 0 Å². The van der Waals surface area contributed by atoms with Crippen LogP contribution in [0.5, 0.6) is 0 Å². The highest BCUT2D eigenvalue weighted by atomic mass is 28.3. The van der Waals surface area contributed by atoms with Gasteiger partial charge in [0.05, 0.1) is 8.07 Å². The number of aliphatic hydroxyl groups is 1. The summed E-state index contributed by atoms with van der Waals surface area (Å²) in [4.78, 5) is 0. The SMILES string of the molecule is CCCC[Si](CCO)(CCCC)CCCC. The van der Waals surface area contributed by atoms with E-state index < -0.39 is 8.07 Å². The first-order chi connectivity index (χ1) is 7.74. The summed E-state index contributed by atoms with van der Waals surface area (Å²) in [7, 11) is -1.11. The predicted octanol–water partition coefficient (Wildman–Crippen LogP) is 4.83. The zero-order chi connectivity index (χ0) is 12.3. The molecule has 0 aromatic carbocycles. The zero-order valence-corrected chi connectivity index (χ0v) is 12.7. The molecule has 0 aliphatic heterocycles. The maximum absolute atomic E-state index is 9.33. The minimum absolute atomic E-state index is 0.434. The van der Waals surface area contributed by atoms with E-state index in [0.717, 1.165) is 6.04 Å². The average Bonchev–Trinajstić information content (AvgIpc) is 2.31. The Balaban J connectivity index is 4.32. The van der Waals surface area contributed by atoms with E-state index in [9.17, 15) is 5.11 Å². The Labute approximate surface area is 104 Å². The van der Waals surface area contributed by atoms with E-state index in [-0.39, 0.29) is 0 Å². The number of aliphatic hydroxyl groups excluding tert-OH is 1. The largest absolute Gasteiger partial charge is 0.397 e. The van der Waals surface area contributed by atoms with Crippen LogP contribution in [-0.4, -0.2) is 19.8 Å². The highest BCUT2D eigenvalue weighted by Crippen LogP contribution is 2.31. The van der Waals surface area contributed by atoms with E-state index in [1.807, 2.05) is 0 Å². The Morgan fingerprint density at radius 3 is 1.31 bits per heavy atom. The van der Waals surface area contributed by atoms with Crippen molar-refractivity contribution in [3.63, 3.8) is 0 Å². The van der Waals surface area contributed by atoms with Crippen LogP contribution in [0.2, 0.25) is 24.2 Å².